The molecule has 0 aliphatic carbocycles. The number of carbonyl (C=O) groups is 2. The summed E-state index contributed by atoms with van der Waals surface area (Å²) >= 11 is 3.19. The van der Waals surface area contributed by atoms with E-state index >= 15 is 0 Å². The lowest BCUT2D eigenvalue weighted by molar-refractivity contribution is -0.120. The maximum atomic E-state index is 11.6. The molecule has 92 valence electrons. The minimum absolute atomic E-state index is 0.0678. The Morgan fingerprint density at radius 2 is 2.12 bits per heavy atom. The average molecular weight is 300 g/mol. The lowest BCUT2D eigenvalue weighted by Crippen LogP contribution is -2.30. The zero-order valence-electron chi connectivity index (χ0n) is 9.50. The Labute approximate surface area is 108 Å². The molecule has 1 aromatic rings. The lowest BCUT2D eigenvalue weighted by atomic mass is 10.2. The molecule has 0 bridgehead atoms. The third-order valence-electron chi connectivity index (χ3n) is 2.00. The number of aromatic nitrogens is 1. The molecule has 2 N–H and O–H groups in total. The summed E-state index contributed by atoms with van der Waals surface area (Å²) in [5, 5.41) is 5.31. The zero-order chi connectivity index (χ0) is 12.7. The number of amides is 2. The SMILES string of the molecule is CCNC(=O)CCNC(=O)c1ccc(Br)nc1. The number of nitrogens with one attached hydrogen (secondary N) is 2. The number of hydrogen-bond acceptors (Lipinski definition) is 3. The van der Waals surface area contributed by atoms with Gasteiger partial charge >= 0.3 is 0 Å². The first-order valence-electron chi connectivity index (χ1n) is 5.30. The predicted molar refractivity (Wildman–Crippen MR) is 67.6 cm³/mol. The van der Waals surface area contributed by atoms with Crippen molar-refractivity contribution in [3.63, 3.8) is 0 Å². The van der Waals surface area contributed by atoms with Crippen molar-refractivity contribution in [2.75, 3.05) is 13.1 Å². The lowest BCUT2D eigenvalue weighted by Gasteiger charge is -2.05. The molecule has 0 saturated heterocycles. The van der Waals surface area contributed by atoms with Crippen LogP contribution in [0.4, 0.5) is 0 Å². The minimum Gasteiger partial charge on any atom is -0.356 e. The van der Waals surface area contributed by atoms with Gasteiger partial charge in [0.2, 0.25) is 5.91 Å². The summed E-state index contributed by atoms with van der Waals surface area (Å²) < 4.78 is 0.677. The maximum Gasteiger partial charge on any atom is 0.252 e. The van der Waals surface area contributed by atoms with Crippen molar-refractivity contribution in [3.05, 3.63) is 28.5 Å². The van der Waals surface area contributed by atoms with Crippen LogP contribution >= 0.6 is 15.9 Å². The fourth-order valence-electron chi connectivity index (χ4n) is 1.19. The minimum atomic E-state index is -0.228. The van der Waals surface area contributed by atoms with Gasteiger partial charge in [-0.25, -0.2) is 4.98 Å². The van der Waals surface area contributed by atoms with Gasteiger partial charge in [0.05, 0.1) is 5.56 Å². The molecule has 1 rings (SSSR count). The molecule has 1 aromatic heterocycles. The van der Waals surface area contributed by atoms with Crippen LogP contribution in [0.3, 0.4) is 0 Å². The molecule has 0 radical (unpaired) electrons. The molecule has 0 aliphatic rings. The highest BCUT2D eigenvalue weighted by Gasteiger charge is 2.06. The number of halogens is 1. The van der Waals surface area contributed by atoms with Gasteiger partial charge < -0.3 is 10.6 Å². The molecule has 0 aromatic carbocycles. The van der Waals surface area contributed by atoms with E-state index in [0.29, 0.717) is 23.3 Å². The highest BCUT2D eigenvalue weighted by molar-refractivity contribution is 9.10. The zero-order valence-corrected chi connectivity index (χ0v) is 11.1. The van der Waals surface area contributed by atoms with E-state index < -0.39 is 0 Å². The summed E-state index contributed by atoms with van der Waals surface area (Å²) in [7, 11) is 0. The normalized spacial score (nSPS) is 9.76. The number of rotatable bonds is 5. The van der Waals surface area contributed by atoms with Gasteiger partial charge in [0.1, 0.15) is 4.60 Å². The van der Waals surface area contributed by atoms with E-state index in [0.717, 1.165) is 0 Å². The number of hydrogen-bond donors (Lipinski definition) is 2. The smallest absolute Gasteiger partial charge is 0.252 e. The Balaban J connectivity index is 2.35. The maximum absolute atomic E-state index is 11.6. The molecule has 6 heteroatoms. The largest absolute Gasteiger partial charge is 0.356 e. The van der Waals surface area contributed by atoms with Crippen LogP contribution in [0.2, 0.25) is 0 Å². The van der Waals surface area contributed by atoms with Crippen molar-refractivity contribution in [1.29, 1.82) is 0 Å². The Bertz CT molecular complexity index is 392. The van der Waals surface area contributed by atoms with Gasteiger partial charge in [-0.2, -0.15) is 0 Å². The van der Waals surface area contributed by atoms with Gasteiger partial charge in [-0.05, 0) is 35.0 Å². The standard InChI is InChI=1S/C11H14BrN3O2/c1-2-13-10(16)5-6-14-11(17)8-3-4-9(12)15-7-8/h3-4,7H,2,5-6H2,1H3,(H,13,16)(H,14,17). The molecular weight excluding hydrogens is 286 g/mol. The van der Waals surface area contributed by atoms with Crippen LogP contribution in [0.1, 0.15) is 23.7 Å². The molecule has 0 spiro atoms. The first-order chi connectivity index (χ1) is 8.13. The average Bonchev–Trinajstić information content (AvgIpc) is 2.30. The summed E-state index contributed by atoms with van der Waals surface area (Å²) in [5.41, 5.74) is 0.476. The molecule has 2 amide bonds. The van der Waals surface area contributed by atoms with E-state index in [2.05, 4.69) is 31.5 Å². The summed E-state index contributed by atoms with van der Waals surface area (Å²) in [6.45, 7) is 2.77. The molecule has 1 heterocycles. The Morgan fingerprint density at radius 1 is 1.35 bits per heavy atom. The van der Waals surface area contributed by atoms with Crippen LogP contribution in [-0.2, 0) is 4.79 Å². The van der Waals surface area contributed by atoms with Gasteiger partial charge in [0, 0.05) is 25.7 Å². The molecule has 0 atom stereocenters. The van der Waals surface area contributed by atoms with Crippen LogP contribution in [0.5, 0.6) is 0 Å². The predicted octanol–water partition coefficient (Wildman–Crippen LogP) is 1.10. The first-order valence-corrected chi connectivity index (χ1v) is 6.09. The summed E-state index contributed by atoms with van der Waals surface area (Å²) in [6.07, 6.45) is 1.76. The number of nitrogens with zero attached hydrogens (tertiary/aromatic N) is 1. The van der Waals surface area contributed by atoms with Crippen LogP contribution in [0.25, 0.3) is 0 Å². The Kier molecular flexibility index (Phi) is 5.62. The van der Waals surface area contributed by atoms with Gasteiger partial charge in [0.25, 0.3) is 5.91 Å². The van der Waals surface area contributed by atoms with E-state index in [9.17, 15) is 9.59 Å². The monoisotopic (exact) mass is 299 g/mol. The van der Waals surface area contributed by atoms with E-state index in [4.69, 9.17) is 0 Å². The molecule has 0 fully saturated rings. The summed E-state index contributed by atoms with van der Waals surface area (Å²) in [5.74, 6) is -0.295. The van der Waals surface area contributed by atoms with Crippen LogP contribution in [-0.4, -0.2) is 29.9 Å². The van der Waals surface area contributed by atoms with Gasteiger partial charge in [-0.15, -0.1) is 0 Å². The summed E-state index contributed by atoms with van der Waals surface area (Å²) in [6, 6.07) is 3.36. The fourth-order valence-corrected chi connectivity index (χ4v) is 1.42. The van der Waals surface area contributed by atoms with Crippen molar-refractivity contribution in [3.8, 4) is 0 Å². The molecular formula is C11H14BrN3O2. The number of pyridine rings is 1. The van der Waals surface area contributed by atoms with E-state index in [1.165, 1.54) is 6.20 Å². The van der Waals surface area contributed by atoms with E-state index in [1.807, 2.05) is 6.92 Å². The van der Waals surface area contributed by atoms with E-state index in [-0.39, 0.29) is 18.2 Å². The van der Waals surface area contributed by atoms with Crippen LogP contribution in [0, 0.1) is 0 Å². The van der Waals surface area contributed by atoms with Crippen molar-refractivity contribution >= 4 is 27.7 Å². The van der Waals surface area contributed by atoms with Crippen LogP contribution in [0.15, 0.2) is 22.9 Å². The second kappa shape index (κ2) is 7.01. The highest BCUT2D eigenvalue weighted by atomic mass is 79.9. The molecule has 5 nitrogen and oxygen atoms in total. The molecule has 0 aliphatic heterocycles. The fraction of sp³-hybridized carbons (Fsp3) is 0.364. The van der Waals surface area contributed by atoms with Crippen LogP contribution < -0.4 is 10.6 Å². The van der Waals surface area contributed by atoms with Gasteiger partial charge in [-0.1, -0.05) is 0 Å². The van der Waals surface area contributed by atoms with Gasteiger partial charge in [0.15, 0.2) is 0 Å². The Morgan fingerprint density at radius 3 is 2.71 bits per heavy atom. The first kappa shape index (κ1) is 13.6. The van der Waals surface area contributed by atoms with Gasteiger partial charge in [-0.3, -0.25) is 9.59 Å². The van der Waals surface area contributed by atoms with E-state index in [1.54, 1.807) is 12.1 Å². The van der Waals surface area contributed by atoms with Crippen molar-refractivity contribution in [2.45, 2.75) is 13.3 Å². The third-order valence-corrected chi connectivity index (χ3v) is 2.47. The molecule has 0 unspecified atom stereocenters. The van der Waals surface area contributed by atoms with Crippen molar-refractivity contribution < 1.29 is 9.59 Å². The molecule has 17 heavy (non-hydrogen) atoms. The topological polar surface area (TPSA) is 71.1 Å². The summed E-state index contributed by atoms with van der Waals surface area (Å²) in [4.78, 5) is 26.7. The third kappa shape index (κ3) is 4.95. The number of carbonyl (C=O) groups excluding carboxylic acids is 2. The quantitative estimate of drug-likeness (QED) is 0.800. The van der Waals surface area contributed by atoms with Crippen molar-refractivity contribution in [1.82, 2.24) is 15.6 Å². The second-order valence-corrected chi connectivity index (χ2v) is 4.14. The molecule has 0 saturated carbocycles. The highest BCUT2D eigenvalue weighted by Crippen LogP contribution is 2.05. The Hall–Kier alpha value is -1.43. The van der Waals surface area contributed by atoms with Crippen molar-refractivity contribution in [2.24, 2.45) is 0 Å². The second-order valence-electron chi connectivity index (χ2n) is 3.33.